The van der Waals surface area contributed by atoms with Gasteiger partial charge in [-0.15, -0.1) is 10.2 Å². The molecular weight excluding hydrogens is 456 g/mol. The lowest BCUT2D eigenvalue weighted by Gasteiger charge is -2.12. The van der Waals surface area contributed by atoms with Crippen LogP contribution < -0.4 is 10.1 Å². The fourth-order valence-electron chi connectivity index (χ4n) is 3.28. The van der Waals surface area contributed by atoms with Crippen molar-refractivity contribution < 1.29 is 19.1 Å². The predicted molar refractivity (Wildman–Crippen MR) is 128 cm³/mol. The summed E-state index contributed by atoms with van der Waals surface area (Å²) in [6, 6.07) is 14.3. The van der Waals surface area contributed by atoms with E-state index in [-0.39, 0.29) is 30.0 Å². The van der Waals surface area contributed by atoms with Gasteiger partial charge in [0.25, 0.3) is 11.1 Å². The summed E-state index contributed by atoms with van der Waals surface area (Å²) in [6.07, 6.45) is 2.22. The van der Waals surface area contributed by atoms with E-state index in [1.165, 1.54) is 4.90 Å². The Morgan fingerprint density at radius 2 is 1.91 bits per heavy atom. The molecule has 0 radical (unpaired) electrons. The number of carbonyl (C=O) groups is 3. The van der Waals surface area contributed by atoms with E-state index in [4.69, 9.17) is 4.74 Å². The monoisotopic (exact) mass is 478 g/mol. The topological polar surface area (TPSA) is 130 Å². The number of carbonyl (C=O) groups excluding carboxylic acids is 3. The number of nitrogens with one attached hydrogen (secondary N) is 2. The van der Waals surface area contributed by atoms with Gasteiger partial charge in [0, 0.05) is 24.2 Å². The molecule has 1 aliphatic heterocycles. The smallest absolute Gasteiger partial charge is 0.293 e. The molecule has 1 fully saturated rings. The molecule has 1 aliphatic rings. The molecule has 0 unspecified atom stereocenters. The Morgan fingerprint density at radius 1 is 1.15 bits per heavy atom. The second-order valence-electron chi connectivity index (χ2n) is 7.30. The Bertz CT molecular complexity index is 1190. The lowest BCUT2D eigenvalue weighted by molar-refractivity contribution is -0.123. The summed E-state index contributed by atoms with van der Waals surface area (Å²) in [6.45, 7) is 2.66. The summed E-state index contributed by atoms with van der Waals surface area (Å²) < 4.78 is 5.41. The number of amides is 3. The molecule has 1 saturated heterocycles. The molecule has 0 spiro atoms. The van der Waals surface area contributed by atoms with E-state index in [1.807, 2.05) is 31.2 Å². The Kier molecular flexibility index (Phi) is 7.33. The van der Waals surface area contributed by atoms with Crippen molar-refractivity contribution in [1.29, 1.82) is 0 Å². The van der Waals surface area contributed by atoms with Crippen LogP contribution in [0.4, 0.5) is 10.5 Å². The summed E-state index contributed by atoms with van der Waals surface area (Å²) >= 11 is 0.903. The van der Waals surface area contributed by atoms with Crippen LogP contribution in [0.5, 0.6) is 5.75 Å². The van der Waals surface area contributed by atoms with Gasteiger partial charge in [-0.05, 0) is 78.4 Å². The zero-order valence-electron chi connectivity index (χ0n) is 18.4. The number of hydrogen-bond acceptors (Lipinski definition) is 8. The highest BCUT2D eigenvalue weighted by Gasteiger charge is 2.34. The molecule has 11 heteroatoms. The average Bonchev–Trinajstić information content (AvgIpc) is 3.46. The summed E-state index contributed by atoms with van der Waals surface area (Å²) in [7, 11) is 0. The number of hydrogen-bond donors (Lipinski definition) is 2. The maximum atomic E-state index is 12.7. The molecule has 3 aromatic rings. The summed E-state index contributed by atoms with van der Waals surface area (Å²) in [4.78, 5) is 38.8. The van der Waals surface area contributed by atoms with Gasteiger partial charge in [-0.2, -0.15) is 5.21 Å². The zero-order valence-corrected chi connectivity index (χ0v) is 19.2. The SMILES string of the molecule is CCOc1ccc(/C=C2\SC(=O)N(CCCC(=O)Nc3ccc(-c4nn[nH]n4)cc3)C2=O)cc1. The summed E-state index contributed by atoms with van der Waals surface area (Å²) in [5.41, 5.74) is 2.20. The van der Waals surface area contributed by atoms with Crippen LogP contribution >= 0.6 is 11.8 Å². The van der Waals surface area contributed by atoms with Gasteiger partial charge in [0.2, 0.25) is 11.7 Å². The first-order chi connectivity index (χ1) is 16.5. The number of benzene rings is 2. The van der Waals surface area contributed by atoms with Crippen molar-refractivity contribution in [1.82, 2.24) is 25.5 Å². The van der Waals surface area contributed by atoms with E-state index < -0.39 is 0 Å². The third-order valence-electron chi connectivity index (χ3n) is 4.92. The van der Waals surface area contributed by atoms with Gasteiger partial charge in [-0.3, -0.25) is 19.3 Å². The van der Waals surface area contributed by atoms with Crippen molar-refractivity contribution >= 4 is 40.6 Å². The van der Waals surface area contributed by atoms with E-state index in [0.29, 0.717) is 29.4 Å². The number of imide groups is 1. The molecule has 174 valence electrons. The number of tetrazole rings is 1. The standard InChI is InChI=1S/C23H22N6O4S/c1-2-33-18-11-5-15(6-12-18)14-19-22(31)29(23(32)34-19)13-3-4-20(30)24-17-9-7-16(8-10-17)21-25-27-28-26-21/h5-12,14H,2-4,13H2,1H3,(H,24,30)(H,25,26,27,28)/b19-14-. The van der Waals surface area contributed by atoms with Crippen LogP contribution in [0.1, 0.15) is 25.3 Å². The third-order valence-corrected chi connectivity index (χ3v) is 5.83. The molecule has 1 aromatic heterocycles. The molecule has 2 N–H and O–H groups in total. The van der Waals surface area contributed by atoms with E-state index in [1.54, 1.807) is 30.3 Å². The number of anilines is 1. The van der Waals surface area contributed by atoms with Crippen molar-refractivity contribution in [3.63, 3.8) is 0 Å². The fraction of sp³-hybridized carbons (Fsp3) is 0.217. The average molecular weight is 479 g/mol. The molecule has 10 nitrogen and oxygen atoms in total. The quantitative estimate of drug-likeness (QED) is 0.445. The number of H-pyrrole nitrogens is 1. The number of nitrogens with zero attached hydrogens (tertiary/aromatic N) is 4. The Morgan fingerprint density at radius 3 is 2.59 bits per heavy atom. The molecule has 4 rings (SSSR count). The van der Waals surface area contributed by atoms with E-state index in [0.717, 1.165) is 28.6 Å². The summed E-state index contributed by atoms with van der Waals surface area (Å²) in [5, 5.41) is 16.2. The molecule has 0 atom stereocenters. The third kappa shape index (κ3) is 5.67. The van der Waals surface area contributed by atoms with Gasteiger partial charge in [-0.25, -0.2) is 0 Å². The molecule has 0 saturated carbocycles. The van der Waals surface area contributed by atoms with E-state index >= 15 is 0 Å². The van der Waals surface area contributed by atoms with Gasteiger partial charge in [0.1, 0.15) is 5.75 Å². The minimum atomic E-state index is -0.346. The fourth-order valence-corrected chi connectivity index (χ4v) is 4.14. The lowest BCUT2D eigenvalue weighted by atomic mass is 10.2. The molecule has 0 aliphatic carbocycles. The molecule has 2 heterocycles. The minimum Gasteiger partial charge on any atom is -0.494 e. The zero-order chi connectivity index (χ0) is 23.9. The number of aromatic nitrogens is 4. The maximum absolute atomic E-state index is 12.7. The molecule has 3 amide bonds. The highest BCUT2D eigenvalue weighted by Crippen LogP contribution is 2.32. The van der Waals surface area contributed by atoms with Crippen LogP contribution in [-0.2, 0) is 9.59 Å². The van der Waals surface area contributed by atoms with Crippen LogP contribution in [-0.4, -0.2) is 55.7 Å². The van der Waals surface area contributed by atoms with Crippen LogP contribution in [0.2, 0.25) is 0 Å². The van der Waals surface area contributed by atoms with Crippen molar-refractivity contribution in [2.24, 2.45) is 0 Å². The van der Waals surface area contributed by atoms with Gasteiger partial charge in [0.15, 0.2) is 0 Å². The number of rotatable bonds is 9. The highest BCUT2D eigenvalue weighted by molar-refractivity contribution is 8.18. The number of thioether (sulfide) groups is 1. The number of aromatic amines is 1. The Labute approximate surface area is 199 Å². The first-order valence-corrected chi connectivity index (χ1v) is 11.5. The molecular formula is C23H22N6O4S. The maximum Gasteiger partial charge on any atom is 0.293 e. The predicted octanol–water partition coefficient (Wildman–Crippen LogP) is 3.72. The second kappa shape index (κ2) is 10.8. The van der Waals surface area contributed by atoms with E-state index in [9.17, 15) is 14.4 Å². The van der Waals surface area contributed by atoms with Crippen LogP contribution in [0.15, 0.2) is 53.4 Å². The van der Waals surface area contributed by atoms with Crippen LogP contribution in [0.3, 0.4) is 0 Å². The normalized spacial score (nSPS) is 14.6. The van der Waals surface area contributed by atoms with Gasteiger partial charge >= 0.3 is 0 Å². The first kappa shape index (κ1) is 23.2. The van der Waals surface area contributed by atoms with E-state index in [2.05, 4.69) is 25.9 Å². The largest absolute Gasteiger partial charge is 0.494 e. The highest BCUT2D eigenvalue weighted by atomic mass is 32.2. The van der Waals surface area contributed by atoms with Crippen molar-refractivity contribution in [3.05, 3.63) is 59.0 Å². The van der Waals surface area contributed by atoms with Crippen molar-refractivity contribution in [2.45, 2.75) is 19.8 Å². The van der Waals surface area contributed by atoms with Gasteiger partial charge < -0.3 is 10.1 Å². The van der Waals surface area contributed by atoms with Gasteiger partial charge in [0.05, 0.1) is 11.5 Å². The van der Waals surface area contributed by atoms with Crippen LogP contribution in [0, 0.1) is 0 Å². The second-order valence-corrected chi connectivity index (χ2v) is 8.29. The Hall–Kier alpha value is -3.99. The molecule has 2 aromatic carbocycles. The Balaban J connectivity index is 1.26. The lowest BCUT2D eigenvalue weighted by Crippen LogP contribution is -2.29. The van der Waals surface area contributed by atoms with Gasteiger partial charge in [-0.1, -0.05) is 12.1 Å². The number of ether oxygens (including phenoxy) is 1. The summed E-state index contributed by atoms with van der Waals surface area (Å²) in [5.74, 6) is 0.658. The van der Waals surface area contributed by atoms with Crippen LogP contribution in [0.25, 0.3) is 17.5 Å². The van der Waals surface area contributed by atoms with Crippen molar-refractivity contribution in [2.75, 3.05) is 18.5 Å². The van der Waals surface area contributed by atoms with Crippen molar-refractivity contribution in [3.8, 4) is 17.1 Å². The first-order valence-electron chi connectivity index (χ1n) is 10.7. The minimum absolute atomic E-state index is 0.173. The molecule has 0 bridgehead atoms. The molecule has 34 heavy (non-hydrogen) atoms.